The van der Waals surface area contributed by atoms with E-state index in [1.165, 1.54) is 0 Å². The fraction of sp³-hybridized carbons (Fsp3) is 0.833. The van der Waals surface area contributed by atoms with Crippen LogP contribution in [0.5, 0.6) is 0 Å². The summed E-state index contributed by atoms with van der Waals surface area (Å²) in [6.45, 7) is 12.5. The van der Waals surface area contributed by atoms with Gasteiger partial charge in [0.2, 0.25) is 5.91 Å². The first-order chi connectivity index (χ1) is 7.14. The summed E-state index contributed by atoms with van der Waals surface area (Å²) in [4.78, 5) is 15.8. The first-order valence-electron chi connectivity index (χ1n) is 5.76. The number of hydrogen-bond acceptors (Lipinski definition) is 2. The molecule has 0 aliphatic rings. The standard InChI is InChI=1S/C12H25N3O/c1-8(2)7-14-10(16)9(3)15-11(13)12(4,5)6/h8-9H,7H2,1-6H3,(H2,13,15)(H,14,16). The number of amides is 1. The van der Waals surface area contributed by atoms with E-state index in [2.05, 4.69) is 24.2 Å². The minimum atomic E-state index is -0.419. The Balaban J connectivity index is 4.35. The molecule has 0 saturated carbocycles. The average molecular weight is 227 g/mol. The van der Waals surface area contributed by atoms with Crippen molar-refractivity contribution >= 4 is 11.7 Å². The molecular weight excluding hydrogens is 202 g/mol. The molecule has 0 heterocycles. The molecule has 4 heteroatoms. The van der Waals surface area contributed by atoms with E-state index in [1.807, 2.05) is 20.8 Å². The highest BCUT2D eigenvalue weighted by atomic mass is 16.2. The Labute approximate surface area is 98.7 Å². The molecule has 0 aromatic carbocycles. The third kappa shape index (κ3) is 5.73. The van der Waals surface area contributed by atoms with Crippen LogP contribution >= 0.6 is 0 Å². The molecule has 1 amide bonds. The van der Waals surface area contributed by atoms with Crippen molar-refractivity contribution in [1.29, 1.82) is 0 Å². The highest BCUT2D eigenvalue weighted by Gasteiger charge is 2.19. The van der Waals surface area contributed by atoms with E-state index in [9.17, 15) is 4.79 Å². The largest absolute Gasteiger partial charge is 0.387 e. The molecule has 94 valence electrons. The molecule has 0 spiro atoms. The van der Waals surface area contributed by atoms with Gasteiger partial charge in [0.15, 0.2) is 0 Å². The van der Waals surface area contributed by atoms with Crippen molar-refractivity contribution in [3.63, 3.8) is 0 Å². The maximum Gasteiger partial charge on any atom is 0.244 e. The lowest BCUT2D eigenvalue weighted by Crippen LogP contribution is -2.37. The van der Waals surface area contributed by atoms with Crippen LogP contribution in [0.15, 0.2) is 4.99 Å². The van der Waals surface area contributed by atoms with Gasteiger partial charge in [-0.1, -0.05) is 34.6 Å². The normalized spacial score (nSPS) is 15.1. The third-order valence-electron chi connectivity index (χ3n) is 2.17. The van der Waals surface area contributed by atoms with Crippen LogP contribution in [0.4, 0.5) is 0 Å². The van der Waals surface area contributed by atoms with Gasteiger partial charge in [0.1, 0.15) is 11.9 Å². The summed E-state index contributed by atoms with van der Waals surface area (Å²) in [6, 6.07) is -0.419. The van der Waals surface area contributed by atoms with Crippen molar-refractivity contribution in [3.8, 4) is 0 Å². The molecule has 0 saturated heterocycles. The van der Waals surface area contributed by atoms with Crippen molar-refractivity contribution in [2.45, 2.75) is 47.6 Å². The number of nitrogens with one attached hydrogen (secondary N) is 1. The third-order valence-corrected chi connectivity index (χ3v) is 2.17. The smallest absolute Gasteiger partial charge is 0.244 e. The summed E-state index contributed by atoms with van der Waals surface area (Å²) in [5, 5.41) is 2.84. The molecule has 0 radical (unpaired) electrons. The molecule has 1 unspecified atom stereocenters. The maximum atomic E-state index is 11.6. The number of rotatable bonds is 4. The van der Waals surface area contributed by atoms with E-state index in [0.717, 1.165) is 0 Å². The van der Waals surface area contributed by atoms with Crippen LogP contribution in [0.1, 0.15) is 41.5 Å². The topological polar surface area (TPSA) is 67.5 Å². The molecule has 0 aromatic heterocycles. The molecule has 4 nitrogen and oxygen atoms in total. The van der Waals surface area contributed by atoms with Crippen LogP contribution < -0.4 is 11.1 Å². The number of amidine groups is 1. The zero-order chi connectivity index (χ0) is 12.9. The molecule has 0 aliphatic heterocycles. The summed E-state index contributed by atoms with van der Waals surface area (Å²) >= 11 is 0. The SMILES string of the molecule is CC(C)CNC(=O)C(C)N=C(N)C(C)(C)C. The Morgan fingerprint density at radius 3 is 2.19 bits per heavy atom. The quantitative estimate of drug-likeness (QED) is 0.565. The van der Waals surface area contributed by atoms with Crippen LogP contribution in [0.3, 0.4) is 0 Å². The van der Waals surface area contributed by atoms with Crippen molar-refractivity contribution < 1.29 is 4.79 Å². The second-order valence-corrected chi connectivity index (χ2v) is 5.58. The summed E-state index contributed by atoms with van der Waals surface area (Å²) in [5.74, 6) is 0.890. The number of carbonyl (C=O) groups excluding carboxylic acids is 1. The molecule has 0 aromatic rings. The van der Waals surface area contributed by atoms with Crippen molar-refractivity contribution in [3.05, 3.63) is 0 Å². The predicted molar refractivity (Wildman–Crippen MR) is 68.4 cm³/mol. The molecule has 0 fully saturated rings. The number of hydrogen-bond donors (Lipinski definition) is 2. The van der Waals surface area contributed by atoms with E-state index in [0.29, 0.717) is 18.3 Å². The summed E-state index contributed by atoms with van der Waals surface area (Å²) in [7, 11) is 0. The molecule has 16 heavy (non-hydrogen) atoms. The van der Waals surface area contributed by atoms with E-state index >= 15 is 0 Å². The van der Waals surface area contributed by atoms with Gasteiger partial charge < -0.3 is 11.1 Å². The van der Waals surface area contributed by atoms with Gasteiger partial charge in [0, 0.05) is 12.0 Å². The Kier molecular flexibility index (Phi) is 5.48. The van der Waals surface area contributed by atoms with Gasteiger partial charge in [-0.3, -0.25) is 9.79 Å². The Morgan fingerprint density at radius 2 is 1.81 bits per heavy atom. The van der Waals surface area contributed by atoms with E-state index < -0.39 is 6.04 Å². The lowest BCUT2D eigenvalue weighted by atomic mass is 9.95. The number of aliphatic imine (C=N–C) groups is 1. The second kappa shape index (κ2) is 5.87. The minimum absolute atomic E-state index is 0.0686. The number of nitrogens with zero attached hydrogens (tertiary/aromatic N) is 1. The lowest BCUT2D eigenvalue weighted by Gasteiger charge is -2.19. The zero-order valence-electron chi connectivity index (χ0n) is 11.3. The van der Waals surface area contributed by atoms with Gasteiger partial charge in [-0.2, -0.15) is 0 Å². The van der Waals surface area contributed by atoms with Crippen LogP contribution in [-0.2, 0) is 4.79 Å². The van der Waals surface area contributed by atoms with Crippen molar-refractivity contribution in [2.24, 2.45) is 22.1 Å². The van der Waals surface area contributed by atoms with Gasteiger partial charge in [-0.15, -0.1) is 0 Å². The molecule has 0 bridgehead atoms. The summed E-state index contributed by atoms with van der Waals surface area (Å²) in [5.41, 5.74) is 5.63. The van der Waals surface area contributed by atoms with Gasteiger partial charge in [-0.05, 0) is 12.8 Å². The highest BCUT2D eigenvalue weighted by molar-refractivity contribution is 5.89. The van der Waals surface area contributed by atoms with E-state index in [4.69, 9.17) is 5.73 Å². The van der Waals surface area contributed by atoms with Crippen LogP contribution in [0, 0.1) is 11.3 Å². The van der Waals surface area contributed by atoms with Crippen LogP contribution in [0.2, 0.25) is 0 Å². The predicted octanol–water partition coefficient (Wildman–Crippen LogP) is 1.55. The average Bonchev–Trinajstić information content (AvgIpc) is 2.12. The van der Waals surface area contributed by atoms with E-state index in [-0.39, 0.29) is 11.3 Å². The molecule has 3 N–H and O–H groups in total. The fourth-order valence-electron chi connectivity index (χ4n) is 0.913. The Morgan fingerprint density at radius 1 is 1.31 bits per heavy atom. The van der Waals surface area contributed by atoms with Crippen molar-refractivity contribution in [2.75, 3.05) is 6.54 Å². The molecule has 0 rings (SSSR count). The van der Waals surface area contributed by atoms with Gasteiger partial charge >= 0.3 is 0 Å². The van der Waals surface area contributed by atoms with Crippen LogP contribution in [-0.4, -0.2) is 24.3 Å². The Hall–Kier alpha value is -1.06. The monoisotopic (exact) mass is 227 g/mol. The number of carbonyl (C=O) groups is 1. The first-order valence-corrected chi connectivity index (χ1v) is 5.76. The fourth-order valence-corrected chi connectivity index (χ4v) is 0.913. The summed E-state index contributed by atoms with van der Waals surface area (Å²) in [6.07, 6.45) is 0. The maximum absolute atomic E-state index is 11.6. The highest BCUT2D eigenvalue weighted by Crippen LogP contribution is 2.13. The summed E-state index contributed by atoms with van der Waals surface area (Å²) < 4.78 is 0. The van der Waals surface area contributed by atoms with E-state index in [1.54, 1.807) is 6.92 Å². The van der Waals surface area contributed by atoms with Crippen molar-refractivity contribution in [1.82, 2.24) is 5.32 Å². The first kappa shape index (κ1) is 14.9. The van der Waals surface area contributed by atoms with Gasteiger partial charge in [0.05, 0.1) is 0 Å². The molecular formula is C12H25N3O. The Bertz CT molecular complexity index is 264. The van der Waals surface area contributed by atoms with Gasteiger partial charge in [-0.25, -0.2) is 0 Å². The number of nitrogens with two attached hydrogens (primary N) is 1. The molecule has 0 aliphatic carbocycles. The van der Waals surface area contributed by atoms with Gasteiger partial charge in [0.25, 0.3) is 0 Å². The van der Waals surface area contributed by atoms with Crippen LogP contribution in [0.25, 0.3) is 0 Å². The molecule has 1 atom stereocenters. The second-order valence-electron chi connectivity index (χ2n) is 5.58. The zero-order valence-corrected chi connectivity index (χ0v) is 11.3. The minimum Gasteiger partial charge on any atom is -0.387 e. The lowest BCUT2D eigenvalue weighted by molar-refractivity contribution is -0.122.